The molecule has 0 atom stereocenters. The van der Waals surface area contributed by atoms with Crippen molar-refractivity contribution >= 4 is 70.9 Å². The third-order valence-electron chi connectivity index (χ3n) is 11.9. The van der Waals surface area contributed by atoms with Gasteiger partial charge in [-0.1, -0.05) is 170 Å². The Labute approximate surface area is 343 Å². The molecular formula is C57H36N2. The molecule has 2 heteroatoms. The van der Waals surface area contributed by atoms with E-state index in [4.69, 9.17) is 0 Å². The van der Waals surface area contributed by atoms with Gasteiger partial charge in [0.15, 0.2) is 0 Å². The highest BCUT2D eigenvalue weighted by molar-refractivity contribution is 6.25. The Morgan fingerprint density at radius 3 is 1.32 bits per heavy atom. The highest BCUT2D eigenvalue weighted by Gasteiger charge is 2.21. The maximum Gasteiger partial charge on any atom is 0.0991 e. The predicted octanol–water partition coefficient (Wildman–Crippen LogP) is 15.8. The van der Waals surface area contributed by atoms with Crippen LogP contribution in [0, 0.1) is 11.3 Å². The molecule has 0 aliphatic carbocycles. The lowest BCUT2D eigenvalue weighted by Crippen LogP contribution is -2.10. The number of fused-ring (bicyclic) bond motifs is 5. The van der Waals surface area contributed by atoms with Crippen molar-refractivity contribution in [1.29, 1.82) is 5.26 Å². The Balaban J connectivity index is 1.14. The summed E-state index contributed by atoms with van der Waals surface area (Å²) in [6.45, 7) is 0. The topological polar surface area (TPSA) is 27.0 Å². The molecule has 0 N–H and O–H groups in total. The summed E-state index contributed by atoms with van der Waals surface area (Å²) < 4.78 is 0. The largest absolute Gasteiger partial charge is 0.310 e. The molecule has 2 nitrogen and oxygen atoms in total. The van der Waals surface area contributed by atoms with Crippen molar-refractivity contribution in [3.63, 3.8) is 0 Å². The molecule has 0 bridgehead atoms. The molecule has 0 unspecified atom stereocenters. The second-order valence-corrected chi connectivity index (χ2v) is 15.1. The molecule has 59 heavy (non-hydrogen) atoms. The maximum absolute atomic E-state index is 9.58. The van der Waals surface area contributed by atoms with E-state index >= 15 is 0 Å². The zero-order valence-electron chi connectivity index (χ0n) is 32.2. The number of nitriles is 1. The van der Waals surface area contributed by atoms with E-state index in [0.29, 0.717) is 5.56 Å². The average Bonchev–Trinajstić information content (AvgIpc) is 3.31. The van der Waals surface area contributed by atoms with Crippen LogP contribution < -0.4 is 4.90 Å². The molecule has 0 saturated carbocycles. The van der Waals surface area contributed by atoms with Crippen molar-refractivity contribution in [2.75, 3.05) is 4.90 Å². The molecule has 0 heterocycles. The van der Waals surface area contributed by atoms with Gasteiger partial charge in [0.1, 0.15) is 0 Å². The minimum atomic E-state index is 0.637. The summed E-state index contributed by atoms with van der Waals surface area (Å²) in [5.41, 5.74) is 11.0. The highest BCUT2D eigenvalue weighted by atomic mass is 15.1. The van der Waals surface area contributed by atoms with E-state index in [1.54, 1.807) is 0 Å². The minimum absolute atomic E-state index is 0.637. The monoisotopic (exact) mass is 748 g/mol. The van der Waals surface area contributed by atoms with Gasteiger partial charge in [0.05, 0.1) is 17.3 Å². The quantitative estimate of drug-likeness (QED) is 0.158. The summed E-state index contributed by atoms with van der Waals surface area (Å²) in [5, 5.41) is 21.8. The molecule has 0 amide bonds. The van der Waals surface area contributed by atoms with Crippen LogP contribution in [0.4, 0.5) is 17.1 Å². The van der Waals surface area contributed by atoms with Gasteiger partial charge in [0.2, 0.25) is 0 Å². The Hall–Kier alpha value is -7.99. The van der Waals surface area contributed by atoms with Crippen molar-refractivity contribution in [2.24, 2.45) is 0 Å². The van der Waals surface area contributed by atoms with E-state index < -0.39 is 0 Å². The molecule has 0 saturated heterocycles. The maximum atomic E-state index is 9.58. The lowest BCUT2D eigenvalue weighted by Gasteiger charge is -2.27. The van der Waals surface area contributed by atoms with Crippen molar-refractivity contribution in [3.05, 3.63) is 224 Å². The van der Waals surface area contributed by atoms with E-state index in [1.807, 2.05) is 24.3 Å². The van der Waals surface area contributed by atoms with Gasteiger partial charge >= 0.3 is 0 Å². The first kappa shape index (κ1) is 34.3. The number of hydrogen-bond acceptors (Lipinski definition) is 2. The zero-order chi connectivity index (χ0) is 39.3. The molecule has 0 aliphatic rings. The van der Waals surface area contributed by atoms with Gasteiger partial charge in [-0.3, -0.25) is 0 Å². The average molecular weight is 749 g/mol. The Morgan fingerprint density at radius 2 is 0.746 bits per heavy atom. The van der Waals surface area contributed by atoms with Gasteiger partial charge in [0, 0.05) is 16.8 Å². The van der Waals surface area contributed by atoms with Gasteiger partial charge in [-0.25, -0.2) is 0 Å². The van der Waals surface area contributed by atoms with Gasteiger partial charge in [-0.05, 0) is 130 Å². The number of anilines is 3. The number of benzene rings is 11. The number of rotatable bonds is 6. The first-order valence-corrected chi connectivity index (χ1v) is 20.1. The zero-order valence-corrected chi connectivity index (χ0v) is 32.2. The van der Waals surface area contributed by atoms with E-state index in [0.717, 1.165) is 33.6 Å². The van der Waals surface area contributed by atoms with Crippen LogP contribution >= 0.6 is 0 Å². The first-order chi connectivity index (χ1) is 29.2. The highest BCUT2D eigenvalue weighted by Crippen LogP contribution is 2.48. The van der Waals surface area contributed by atoms with Gasteiger partial charge in [-0.2, -0.15) is 5.26 Å². The normalized spacial score (nSPS) is 11.4. The Morgan fingerprint density at radius 1 is 0.322 bits per heavy atom. The van der Waals surface area contributed by atoms with Gasteiger partial charge in [-0.15, -0.1) is 0 Å². The van der Waals surface area contributed by atoms with E-state index in [-0.39, 0.29) is 0 Å². The molecule has 0 radical (unpaired) electrons. The fourth-order valence-corrected chi connectivity index (χ4v) is 9.14. The van der Waals surface area contributed by atoms with Gasteiger partial charge < -0.3 is 4.90 Å². The molecule has 11 aromatic rings. The summed E-state index contributed by atoms with van der Waals surface area (Å²) in [7, 11) is 0. The van der Waals surface area contributed by atoms with Crippen molar-refractivity contribution in [1.82, 2.24) is 0 Å². The lowest BCUT2D eigenvalue weighted by atomic mass is 9.83. The van der Waals surface area contributed by atoms with Gasteiger partial charge in [0.25, 0.3) is 0 Å². The molecule has 11 rings (SSSR count). The SMILES string of the molecule is N#Cc1ccc(N(c2ccc(-c3ccc4c(-c5cccc6ccccc56)c5ccccc5c(-c5cccc6ccccc56)c4c3)cc2)c2cccc3ccccc23)cc1. The van der Waals surface area contributed by atoms with Crippen LogP contribution in [0.1, 0.15) is 5.56 Å². The van der Waals surface area contributed by atoms with Crippen LogP contribution in [0.5, 0.6) is 0 Å². The molecule has 11 aromatic carbocycles. The molecule has 0 spiro atoms. The summed E-state index contributed by atoms with van der Waals surface area (Å²) in [5.74, 6) is 0. The van der Waals surface area contributed by atoms with Crippen molar-refractivity contribution < 1.29 is 0 Å². The van der Waals surface area contributed by atoms with Crippen LogP contribution in [0.15, 0.2) is 218 Å². The van der Waals surface area contributed by atoms with E-state index in [1.165, 1.54) is 70.7 Å². The lowest BCUT2D eigenvalue weighted by molar-refractivity contribution is 1.29. The number of hydrogen-bond donors (Lipinski definition) is 0. The Bertz CT molecular complexity index is 3430. The summed E-state index contributed by atoms with van der Waals surface area (Å²) in [6, 6.07) is 80.7. The van der Waals surface area contributed by atoms with E-state index in [2.05, 4.69) is 205 Å². The number of nitrogens with zero attached hydrogens (tertiary/aromatic N) is 2. The molecule has 0 aromatic heterocycles. The second kappa shape index (κ2) is 14.2. The van der Waals surface area contributed by atoms with E-state index in [9.17, 15) is 5.26 Å². The van der Waals surface area contributed by atoms with Crippen LogP contribution in [0.3, 0.4) is 0 Å². The predicted molar refractivity (Wildman–Crippen MR) is 250 cm³/mol. The molecule has 0 fully saturated rings. The fraction of sp³-hybridized carbons (Fsp3) is 0. The van der Waals surface area contributed by atoms with Crippen LogP contribution in [0.25, 0.3) is 87.2 Å². The second-order valence-electron chi connectivity index (χ2n) is 15.1. The summed E-state index contributed by atoms with van der Waals surface area (Å²) in [6.07, 6.45) is 0. The first-order valence-electron chi connectivity index (χ1n) is 20.1. The Kier molecular flexibility index (Phi) is 8.24. The van der Waals surface area contributed by atoms with Crippen LogP contribution in [-0.2, 0) is 0 Å². The van der Waals surface area contributed by atoms with Crippen LogP contribution in [0.2, 0.25) is 0 Å². The molecule has 0 aliphatic heterocycles. The molecular weight excluding hydrogens is 713 g/mol. The van der Waals surface area contributed by atoms with Crippen LogP contribution in [-0.4, -0.2) is 0 Å². The third-order valence-corrected chi connectivity index (χ3v) is 11.9. The van der Waals surface area contributed by atoms with Crippen molar-refractivity contribution in [3.8, 4) is 39.4 Å². The standard InChI is InChI=1S/C57H36N2/c58-37-38-26-31-44(32-27-38)59(55-25-11-17-42-14-3-6-20-48(42)55)45-33-28-39(29-34-45)43-30-35-53-54(36-43)57(50-24-10-16-41-13-2-5-19-47(41)50)52-22-8-7-21-51(52)56(53)49-23-9-15-40-12-1-4-18-46(40)49/h1-36H. The smallest absolute Gasteiger partial charge is 0.0991 e. The van der Waals surface area contributed by atoms with Crippen molar-refractivity contribution in [2.45, 2.75) is 0 Å². The fourth-order valence-electron chi connectivity index (χ4n) is 9.14. The summed E-state index contributed by atoms with van der Waals surface area (Å²) >= 11 is 0. The molecule has 274 valence electrons. The summed E-state index contributed by atoms with van der Waals surface area (Å²) in [4.78, 5) is 2.29. The third kappa shape index (κ3) is 5.80. The minimum Gasteiger partial charge on any atom is -0.310 e.